The van der Waals surface area contributed by atoms with Gasteiger partial charge in [0, 0.05) is 45.0 Å². The van der Waals surface area contributed by atoms with Crippen LogP contribution in [0.15, 0.2) is 23.8 Å². The van der Waals surface area contributed by atoms with Gasteiger partial charge in [-0.3, -0.25) is 0 Å². The fourth-order valence-electron chi connectivity index (χ4n) is 4.34. The Morgan fingerprint density at radius 1 is 1.00 bits per heavy atom. The third kappa shape index (κ3) is 3.59. The Balaban J connectivity index is 1.61. The molecule has 5 rings (SSSR count). The van der Waals surface area contributed by atoms with Crippen LogP contribution in [0.2, 0.25) is 0 Å². The van der Waals surface area contributed by atoms with E-state index in [1.54, 1.807) is 17.7 Å². The zero-order valence-electron chi connectivity index (χ0n) is 17.6. The number of anilines is 4. The summed E-state index contributed by atoms with van der Waals surface area (Å²) < 4.78 is 5.59. The number of benzene rings is 1. The van der Waals surface area contributed by atoms with Crippen LogP contribution in [0.4, 0.5) is 22.9 Å². The Morgan fingerprint density at radius 3 is 2.57 bits per heavy atom. The summed E-state index contributed by atoms with van der Waals surface area (Å²) in [5.74, 6) is 0.874. The molecule has 2 N–H and O–H groups in total. The third-order valence-electron chi connectivity index (χ3n) is 6.17. The molecule has 30 heavy (non-hydrogen) atoms. The Morgan fingerprint density at radius 2 is 1.77 bits per heavy atom. The highest BCUT2D eigenvalue weighted by Crippen LogP contribution is 2.40. The maximum Gasteiger partial charge on any atom is 0.142 e. The number of rotatable bonds is 4. The smallest absolute Gasteiger partial charge is 0.142 e. The van der Waals surface area contributed by atoms with Crippen LogP contribution in [0.1, 0.15) is 11.1 Å². The van der Waals surface area contributed by atoms with Crippen LogP contribution in [0.5, 0.6) is 0 Å². The lowest BCUT2D eigenvalue weighted by atomic mass is 10.0. The second kappa shape index (κ2) is 8.37. The average Bonchev–Trinajstić information content (AvgIpc) is 3.28. The van der Waals surface area contributed by atoms with Gasteiger partial charge in [-0.25, -0.2) is 9.97 Å². The maximum absolute atomic E-state index is 5.59. The number of hydrogen-bond donors (Lipinski definition) is 2. The molecule has 0 aliphatic carbocycles. The van der Waals surface area contributed by atoms with Gasteiger partial charge in [-0.2, -0.15) is 0 Å². The topological polar surface area (TPSA) is 65.6 Å². The molecule has 0 amide bonds. The Kier molecular flexibility index (Phi) is 5.45. The Bertz CT molecular complexity index is 1040. The number of fused-ring (bicyclic) bond motifs is 1. The van der Waals surface area contributed by atoms with E-state index in [9.17, 15) is 0 Å². The molecule has 2 aliphatic heterocycles. The maximum atomic E-state index is 5.59. The molecule has 0 bridgehead atoms. The summed E-state index contributed by atoms with van der Waals surface area (Å²) in [6.07, 6.45) is 1.65. The molecule has 0 spiro atoms. The molecule has 2 aromatic heterocycles. The van der Waals surface area contributed by atoms with Crippen LogP contribution in [-0.2, 0) is 4.74 Å². The third-order valence-corrected chi connectivity index (χ3v) is 6.99. The van der Waals surface area contributed by atoms with Crippen molar-refractivity contribution in [2.45, 2.75) is 13.8 Å². The first-order chi connectivity index (χ1) is 14.7. The molecule has 0 saturated carbocycles. The molecule has 2 fully saturated rings. The van der Waals surface area contributed by atoms with Gasteiger partial charge in [-0.05, 0) is 42.5 Å². The molecule has 3 aromatic rings. The first kappa shape index (κ1) is 19.5. The molecule has 1 aromatic carbocycles. The predicted molar refractivity (Wildman–Crippen MR) is 125 cm³/mol. The van der Waals surface area contributed by atoms with Crippen LogP contribution in [0.25, 0.3) is 10.2 Å². The minimum absolute atomic E-state index is 0.790. The van der Waals surface area contributed by atoms with Crippen LogP contribution >= 0.6 is 11.3 Å². The molecular formula is C22H28N6OS. The van der Waals surface area contributed by atoms with Gasteiger partial charge in [0.05, 0.1) is 30.0 Å². The van der Waals surface area contributed by atoms with Crippen molar-refractivity contribution in [2.24, 2.45) is 0 Å². The molecule has 0 unspecified atom stereocenters. The van der Waals surface area contributed by atoms with Gasteiger partial charge in [0.15, 0.2) is 0 Å². The molecule has 4 heterocycles. The molecule has 2 aliphatic rings. The highest BCUT2D eigenvalue weighted by molar-refractivity contribution is 7.16. The Hall–Kier alpha value is -2.42. The summed E-state index contributed by atoms with van der Waals surface area (Å²) >= 11 is 1.64. The number of ether oxygens (including phenoxy) is 1. The number of thiophene rings is 1. The number of piperazine rings is 1. The summed E-state index contributed by atoms with van der Waals surface area (Å²) in [5.41, 5.74) is 6.31. The molecule has 2 saturated heterocycles. The van der Waals surface area contributed by atoms with Crippen molar-refractivity contribution in [3.05, 3.63) is 35.0 Å². The lowest BCUT2D eigenvalue weighted by molar-refractivity contribution is 0.122. The highest BCUT2D eigenvalue weighted by Gasteiger charge is 2.23. The van der Waals surface area contributed by atoms with Crippen molar-refractivity contribution in [1.82, 2.24) is 15.3 Å². The molecule has 0 radical (unpaired) electrons. The molecule has 7 nitrogen and oxygen atoms in total. The number of aromatic nitrogens is 2. The van der Waals surface area contributed by atoms with Crippen molar-refractivity contribution < 1.29 is 4.74 Å². The molecular weight excluding hydrogens is 396 g/mol. The summed E-state index contributed by atoms with van der Waals surface area (Å²) in [5, 5.41) is 10.3. The lowest BCUT2D eigenvalue weighted by Crippen LogP contribution is -2.44. The SMILES string of the molecule is Cc1c(N2CCOCC2)cc(N2CCNCC2)c(Nc2ncnc3sccc23)c1C. The fraction of sp³-hybridized carbons (Fsp3) is 0.455. The van der Waals surface area contributed by atoms with Gasteiger partial charge >= 0.3 is 0 Å². The second-order valence-corrected chi connectivity index (χ2v) is 8.76. The van der Waals surface area contributed by atoms with E-state index >= 15 is 0 Å². The molecule has 8 heteroatoms. The lowest BCUT2D eigenvalue weighted by Gasteiger charge is -2.36. The van der Waals surface area contributed by atoms with Crippen molar-refractivity contribution >= 4 is 44.4 Å². The number of nitrogens with one attached hydrogen (secondary N) is 2. The highest BCUT2D eigenvalue weighted by atomic mass is 32.1. The normalized spacial score (nSPS) is 17.5. The minimum atomic E-state index is 0.790. The van der Waals surface area contributed by atoms with Crippen LogP contribution in [0, 0.1) is 13.8 Å². The van der Waals surface area contributed by atoms with Crippen molar-refractivity contribution in [2.75, 3.05) is 67.6 Å². The number of nitrogens with zero attached hydrogens (tertiary/aromatic N) is 4. The van der Waals surface area contributed by atoms with E-state index in [4.69, 9.17) is 4.74 Å². The van der Waals surface area contributed by atoms with Gasteiger partial charge in [-0.15, -0.1) is 11.3 Å². The first-order valence-corrected chi connectivity index (χ1v) is 11.5. The second-order valence-electron chi connectivity index (χ2n) is 7.86. The Labute approximate surface area is 181 Å². The van der Waals surface area contributed by atoms with Gasteiger partial charge in [0.25, 0.3) is 0 Å². The molecule has 158 valence electrons. The van der Waals surface area contributed by atoms with Crippen molar-refractivity contribution in [1.29, 1.82) is 0 Å². The summed E-state index contributed by atoms with van der Waals surface area (Å²) in [4.78, 5) is 14.9. The van der Waals surface area contributed by atoms with E-state index in [0.717, 1.165) is 74.2 Å². The van der Waals surface area contributed by atoms with E-state index in [2.05, 4.69) is 61.8 Å². The average molecular weight is 425 g/mol. The van der Waals surface area contributed by atoms with Crippen LogP contribution in [0.3, 0.4) is 0 Å². The summed E-state index contributed by atoms with van der Waals surface area (Å²) in [7, 11) is 0. The van der Waals surface area contributed by atoms with Gasteiger partial charge in [-0.1, -0.05) is 0 Å². The minimum Gasteiger partial charge on any atom is -0.378 e. The van der Waals surface area contributed by atoms with E-state index < -0.39 is 0 Å². The summed E-state index contributed by atoms with van der Waals surface area (Å²) in [6, 6.07) is 4.46. The quantitative estimate of drug-likeness (QED) is 0.666. The predicted octanol–water partition coefficient (Wildman–Crippen LogP) is 3.30. The van der Waals surface area contributed by atoms with Gasteiger partial charge < -0.3 is 25.2 Å². The van der Waals surface area contributed by atoms with Gasteiger partial charge in [0.1, 0.15) is 17.0 Å². The number of morpholine rings is 1. The van der Waals surface area contributed by atoms with Crippen molar-refractivity contribution in [3.8, 4) is 0 Å². The number of hydrogen-bond acceptors (Lipinski definition) is 8. The van der Waals surface area contributed by atoms with Crippen LogP contribution in [-0.4, -0.2) is 62.5 Å². The standard InChI is InChI=1S/C22H28N6OS/c1-15-16(2)20(26-21-17-3-12-30-22(17)25-14-24-21)19(27-6-4-23-5-7-27)13-18(15)28-8-10-29-11-9-28/h3,12-14,23H,4-11H2,1-2H3,(H,24,25,26). The van der Waals surface area contributed by atoms with Crippen molar-refractivity contribution in [3.63, 3.8) is 0 Å². The van der Waals surface area contributed by atoms with E-state index in [1.807, 2.05) is 0 Å². The fourth-order valence-corrected chi connectivity index (χ4v) is 5.07. The van der Waals surface area contributed by atoms with Gasteiger partial charge in [0.2, 0.25) is 0 Å². The van der Waals surface area contributed by atoms with E-state index in [0.29, 0.717) is 0 Å². The largest absolute Gasteiger partial charge is 0.378 e. The monoisotopic (exact) mass is 424 g/mol. The van der Waals surface area contributed by atoms with E-state index in [1.165, 1.54) is 22.5 Å². The zero-order chi connectivity index (χ0) is 20.5. The molecule has 0 atom stereocenters. The first-order valence-electron chi connectivity index (χ1n) is 10.6. The van der Waals surface area contributed by atoms with Crippen LogP contribution < -0.4 is 20.4 Å². The van der Waals surface area contributed by atoms with E-state index in [-0.39, 0.29) is 0 Å². The zero-order valence-corrected chi connectivity index (χ0v) is 18.4. The summed E-state index contributed by atoms with van der Waals surface area (Å²) in [6.45, 7) is 11.9.